The van der Waals surface area contributed by atoms with E-state index in [1.807, 2.05) is 18.7 Å². The number of rotatable bonds is 6. The van der Waals surface area contributed by atoms with Crippen molar-refractivity contribution in [3.8, 4) is 0 Å². The summed E-state index contributed by atoms with van der Waals surface area (Å²) in [6, 6.07) is 0.277. The zero-order valence-electron chi connectivity index (χ0n) is 19.2. The second-order valence-electron chi connectivity index (χ2n) is 9.93. The van der Waals surface area contributed by atoms with E-state index >= 15 is 0 Å². The summed E-state index contributed by atoms with van der Waals surface area (Å²) in [7, 11) is 0. The highest BCUT2D eigenvalue weighted by molar-refractivity contribution is 5.81. The van der Waals surface area contributed by atoms with E-state index in [1.54, 1.807) is 0 Å². The zero-order valence-corrected chi connectivity index (χ0v) is 19.2. The van der Waals surface area contributed by atoms with E-state index in [0.717, 1.165) is 63.5 Å². The van der Waals surface area contributed by atoms with Gasteiger partial charge in [0, 0.05) is 50.2 Å². The van der Waals surface area contributed by atoms with Crippen molar-refractivity contribution in [3.05, 3.63) is 0 Å². The van der Waals surface area contributed by atoms with E-state index in [-0.39, 0.29) is 23.4 Å². The molecule has 6 heteroatoms. The SMILES string of the molecule is CCNC(=NCC(C)(C)N1CC(C)CC(C)C1)NC1CCN(C(=O)C(C)C)C1. The van der Waals surface area contributed by atoms with Gasteiger partial charge in [-0.25, -0.2) is 0 Å². The van der Waals surface area contributed by atoms with Gasteiger partial charge in [0.15, 0.2) is 5.96 Å². The molecule has 2 aliphatic heterocycles. The Morgan fingerprint density at radius 1 is 1.18 bits per heavy atom. The Labute approximate surface area is 172 Å². The zero-order chi connectivity index (χ0) is 20.9. The average Bonchev–Trinajstić information content (AvgIpc) is 3.06. The fourth-order valence-electron chi connectivity index (χ4n) is 4.49. The van der Waals surface area contributed by atoms with Gasteiger partial charge in [0.25, 0.3) is 0 Å². The maximum Gasteiger partial charge on any atom is 0.225 e. The lowest BCUT2D eigenvalue weighted by molar-refractivity contribution is -0.133. The molecule has 6 nitrogen and oxygen atoms in total. The molecule has 0 bridgehead atoms. The number of hydrogen-bond acceptors (Lipinski definition) is 3. The first kappa shape index (κ1) is 23.0. The first-order valence-electron chi connectivity index (χ1n) is 11.2. The third-order valence-electron chi connectivity index (χ3n) is 6.03. The van der Waals surface area contributed by atoms with Crippen LogP contribution in [0.5, 0.6) is 0 Å². The van der Waals surface area contributed by atoms with Crippen molar-refractivity contribution in [3.63, 3.8) is 0 Å². The smallest absolute Gasteiger partial charge is 0.225 e. The van der Waals surface area contributed by atoms with Crippen LogP contribution in [0.2, 0.25) is 0 Å². The molecule has 0 aromatic heterocycles. The van der Waals surface area contributed by atoms with Crippen molar-refractivity contribution < 1.29 is 4.79 Å². The molecule has 0 aliphatic carbocycles. The number of nitrogens with one attached hydrogen (secondary N) is 2. The van der Waals surface area contributed by atoms with Gasteiger partial charge in [0.1, 0.15) is 0 Å². The van der Waals surface area contributed by atoms with Gasteiger partial charge in [0.05, 0.1) is 6.54 Å². The van der Waals surface area contributed by atoms with Gasteiger partial charge in [-0.3, -0.25) is 14.7 Å². The summed E-state index contributed by atoms with van der Waals surface area (Å²) < 4.78 is 0. The van der Waals surface area contributed by atoms with E-state index in [0.29, 0.717) is 0 Å². The molecule has 0 saturated carbocycles. The van der Waals surface area contributed by atoms with Crippen LogP contribution in [0, 0.1) is 17.8 Å². The van der Waals surface area contributed by atoms with Crippen molar-refractivity contribution in [1.29, 1.82) is 0 Å². The van der Waals surface area contributed by atoms with Crippen molar-refractivity contribution in [2.45, 2.75) is 72.9 Å². The van der Waals surface area contributed by atoms with E-state index in [1.165, 1.54) is 6.42 Å². The quantitative estimate of drug-likeness (QED) is 0.538. The molecule has 162 valence electrons. The van der Waals surface area contributed by atoms with E-state index in [4.69, 9.17) is 4.99 Å². The minimum absolute atomic E-state index is 0.0423. The number of carbonyl (C=O) groups is 1. The van der Waals surface area contributed by atoms with Crippen molar-refractivity contribution in [1.82, 2.24) is 20.4 Å². The van der Waals surface area contributed by atoms with Gasteiger partial charge in [-0.05, 0) is 45.4 Å². The molecule has 2 N–H and O–H groups in total. The molecule has 2 heterocycles. The molecular weight excluding hydrogens is 350 g/mol. The van der Waals surface area contributed by atoms with Gasteiger partial charge in [0.2, 0.25) is 5.91 Å². The highest BCUT2D eigenvalue weighted by atomic mass is 16.2. The fraction of sp³-hybridized carbons (Fsp3) is 0.909. The summed E-state index contributed by atoms with van der Waals surface area (Å²) in [5.41, 5.74) is 0.0423. The Hall–Kier alpha value is -1.30. The summed E-state index contributed by atoms with van der Waals surface area (Å²) in [5, 5.41) is 6.95. The molecule has 2 fully saturated rings. The predicted octanol–water partition coefficient (Wildman–Crippen LogP) is 2.55. The number of hydrogen-bond donors (Lipinski definition) is 2. The lowest BCUT2D eigenvalue weighted by Gasteiger charge is -2.44. The van der Waals surface area contributed by atoms with Crippen LogP contribution in [-0.4, -0.2) is 72.5 Å². The number of amides is 1. The van der Waals surface area contributed by atoms with Crippen molar-refractivity contribution in [2.24, 2.45) is 22.7 Å². The lowest BCUT2D eigenvalue weighted by Crippen LogP contribution is -2.53. The van der Waals surface area contributed by atoms with Crippen molar-refractivity contribution in [2.75, 3.05) is 39.3 Å². The normalized spacial score (nSPS) is 27.4. The van der Waals surface area contributed by atoms with Crippen LogP contribution in [0.1, 0.15) is 61.3 Å². The van der Waals surface area contributed by atoms with Gasteiger partial charge < -0.3 is 15.5 Å². The predicted molar refractivity (Wildman–Crippen MR) is 118 cm³/mol. The lowest BCUT2D eigenvalue weighted by atomic mass is 9.88. The van der Waals surface area contributed by atoms with Crippen LogP contribution < -0.4 is 10.6 Å². The summed E-state index contributed by atoms with van der Waals surface area (Å²) in [5.74, 6) is 2.69. The molecule has 0 aromatic rings. The second kappa shape index (κ2) is 9.95. The second-order valence-corrected chi connectivity index (χ2v) is 9.93. The molecule has 3 atom stereocenters. The topological polar surface area (TPSA) is 60.0 Å². The molecule has 1 amide bonds. The summed E-state index contributed by atoms with van der Waals surface area (Å²) in [4.78, 5) is 21.7. The average molecular weight is 394 g/mol. The van der Waals surface area contributed by atoms with Crippen LogP contribution in [0.25, 0.3) is 0 Å². The molecule has 2 rings (SSSR count). The minimum atomic E-state index is 0.0423. The molecule has 2 aliphatic rings. The number of likely N-dealkylation sites (tertiary alicyclic amines) is 2. The summed E-state index contributed by atoms with van der Waals surface area (Å²) >= 11 is 0. The molecular formula is C22H43N5O. The number of guanidine groups is 1. The maximum atomic E-state index is 12.2. The van der Waals surface area contributed by atoms with Gasteiger partial charge in [-0.1, -0.05) is 27.7 Å². The largest absolute Gasteiger partial charge is 0.357 e. The first-order valence-corrected chi connectivity index (χ1v) is 11.2. The van der Waals surface area contributed by atoms with Gasteiger partial charge >= 0.3 is 0 Å². The maximum absolute atomic E-state index is 12.2. The number of aliphatic imine (C=N–C) groups is 1. The van der Waals surface area contributed by atoms with Crippen molar-refractivity contribution >= 4 is 11.9 Å². The molecule has 0 spiro atoms. The number of carbonyl (C=O) groups excluding carboxylic acids is 1. The number of nitrogens with zero attached hydrogens (tertiary/aromatic N) is 3. The molecule has 3 unspecified atom stereocenters. The molecule has 0 radical (unpaired) electrons. The van der Waals surface area contributed by atoms with Gasteiger partial charge in [-0.15, -0.1) is 0 Å². The highest BCUT2D eigenvalue weighted by Crippen LogP contribution is 2.27. The Bertz CT molecular complexity index is 535. The van der Waals surface area contributed by atoms with Gasteiger partial charge in [-0.2, -0.15) is 0 Å². The van der Waals surface area contributed by atoms with E-state index < -0.39 is 0 Å². The third kappa shape index (κ3) is 6.36. The number of piperidine rings is 1. The molecule has 28 heavy (non-hydrogen) atoms. The summed E-state index contributed by atoms with van der Waals surface area (Å²) in [6.07, 6.45) is 2.31. The minimum Gasteiger partial charge on any atom is -0.357 e. The summed E-state index contributed by atoms with van der Waals surface area (Å²) in [6.45, 7) is 20.9. The Morgan fingerprint density at radius 3 is 2.39 bits per heavy atom. The van der Waals surface area contributed by atoms with E-state index in [9.17, 15) is 4.79 Å². The Morgan fingerprint density at radius 2 is 1.82 bits per heavy atom. The molecule has 2 saturated heterocycles. The van der Waals surface area contributed by atoms with Crippen LogP contribution in [0.3, 0.4) is 0 Å². The van der Waals surface area contributed by atoms with E-state index in [2.05, 4.69) is 50.2 Å². The van der Waals surface area contributed by atoms with Crippen LogP contribution in [0.4, 0.5) is 0 Å². The highest BCUT2D eigenvalue weighted by Gasteiger charge is 2.33. The first-order chi connectivity index (χ1) is 13.1. The van der Waals surface area contributed by atoms with Crippen LogP contribution in [0.15, 0.2) is 4.99 Å². The fourth-order valence-corrected chi connectivity index (χ4v) is 4.49. The molecule has 0 aromatic carbocycles. The van der Waals surface area contributed by atoms with Crippen LogP contribution >= 0.6 is 0 Å². The Balaban J connectivity index is 1.95. The Kier molecular flexibility index (Phi) is 8.17. The standard InChI is InChI=1S/C22H43N5O/c1-8-23-21(25-19-9-10-26(14-19)20(28)16(2)3)24-15-22(6,7)27-12-17(4)11-18(5)13-27/h16-19H,8-15H2,1-7H3,(H2,23,24,25). The van der Waals surface area contributed by atoms with Crippen LogP contribution in [-0.2, 0) is 4.79 Å². The monoisotopic (exact) mass is 393 g/mol. The third-order valence-corrected chi connectivity index (χ3v) is 6.03.